The van der Waals surface area contributed by atoms with Crippen LogP contribution in [0.5, 0.6) is 5.75 Å². The first kappa shape index (κ1) is 15.5. The summed E-state index contributed by atoms with van der Waals surface area (Å²) in [7, 11) is -3.49. The molecule has 0 aromatic heterocycles. The van der Waals surface area contributed by atoms with Crippen molar-refractivity contribution in [2.24, 2.45) is 10.6 Å². The molecule has 0 saturated heterocycles. The SMILES string of the molecule is Cc1cc(OCC(C)(C)CS(N)(=O)=O)ccc1Br. The second-order valence-corrected chi connectivity index (χ2v) is 7.64. The second-order valence-electron chi connectivity index (χ2n) is 5.17. The van der Waals surface area contributed by atoms with Crippen molar-refractivity contribution in [2.75, 3.05) is 12.4 Å². The predicted octanol–water partition coefficient (Wildman–Crippen LogP) is 2.45. The molecule has 0 aliphatic heterocycles. The molecule has 0 aliphatic carbocycles. The van der Waals surface area contributed by atoms with Crippen molar-refractivity contribution < 1.29 is 13.2 Å². The van der Waals surface area contributed by atoms with Crippen LogP contribution in [-0.2, 0) is 10.0 Å². The van der Waals surface area contributed by atoms with Crippen LogP contribution in [0.4, 0.5) is 0 Å². The molecule has 0 saturated carbocycles. The fourth-order valence-corrected chi connectivity index (χ4v) is 2.99. The minimum atomic E-state index is -3.49. The molecule has 0 amide bonds. The summed E-state index contributed by atoms with van der Waals surface area (Å²) >= 11 is 3.41. The Morgan fingerprint density at radius 1 is 1.39 bits per heavy atom. The maximum Gasteiger partial charge on any atom is 0.209 e. The van der Waals surface area contributed by atoms with E-state index in [4.69, 9.17) is 9.88 Å². The molecule has 0 unspecified atom stereocenters. The van der Waals surface area contributed by atoms with E-state index >= 15 is 0 Å². The van der Waals surface area contributed by atoms with E-state index in [1.165, 1.54) is 0 Å². The number of nitrogens with two attached hydrogens (primary N) is 1. The lowest BCUT2D eigenvalue weighted by Crippen LogP contribution is -2.33. The van der Waals surface area contributed by atoms with Crippen LogP contribution in [-0.4, -0.2) is 20.8 Å². The minimum absolute atomic E-state index is 0.102. The zero-order valence-corrected chi connectivity index (χ0v) is 13.1. The number of sulfonamides is 1. The monoisotopic (exact) mass is 335 g/mol. The third-order valence-electron chi connectivity index (χ3n) is 2.35. The van der Waals surface area contributed by atoms with Crippen LogP contribution in [0.2, 0.25) is 0 Å². The van der Waals surface area contributed by atoms with Crippen LogP contribution in [0.15, 0.2) is 22.7 Å². The molecular weight excluding hydrogens is 318 g/mol. The average Bonchev–Trinajstić information content (AvgIpc) is 2.16. The maximum atomic E-state index is 11.1. The van der Waals surface area contributed by atoms with Crippen molar-refractivity contribution in [3.8, 4) is 5.75 Å². The Hall–Kier alpha value is -0.590. The summed E-state index contributed by atoms with van der Waals surface area (Å²) in [4.78, 5) is 0. The Balaban J connectivity index is 2.67. The summed E-state index contributed by atoms with van der Waals surface area (Å²) in [5, 5.41) is 5.04. The molecule has 1 aromatic carbocycles. The van der Waals surface area contributed by atoms with E-state index in [9.17, 15) is 8.42 Å². The van der Waals surface area contributed by atoms with Gasteiger partial charge in [-0.1, -0.05) is 29.8 Å². The van der Waals surface area contributed by atoms with Gasteiger partial charge in [-0.3, -0.25) is 0 Å². The molecule has 0 aliphatic rings. The minimum Gasteiger partial charge on any atom is -0.493 e. The third-order valence-corrected chi connectivity index (χ3v) is 4.42. The molecule has 1 rings (SSSR count). The zero-order chi connectivity index (χ0) is 14.0. The number of benzene rings is 1. The summed E-state index contributed by atoms with van der Waals surface area (Å²) < 4.78 is 28.8. The Kier molecular flexibility index (Phi) is 4.80. The number of halogens is 1. The van der Waals surface area contributed by atoms with Crippen molar-refractivity contribution in [3.63, 3.8) is 0 Å². The average molecular weight is 336 g/mol. The van der Waals surface area contributed by atoms with Crippen LogP contribution >= 0.6 is 15.9 Å². The Bertz CT molecular complexity index is 526. The van der Waals surface area contributed by atoms with Crippen molar-refractivity contribution in [1.29, 1.82) is 0 Å². The van der Waals surface area contributed by atoms with Gasteiger partial charge in [-0.25, -0.2) is 13.6 Å². The Labute approximate surface area is 117 Å². The normalized spacial score (nSPS) is 12.5. The topological polar surface area (TPSA) is 69.4 Å². The lowest BCUT2D eigenvalue weighted by Gasteiger charge is -2.23. The maximum absolute atomic E-state index is 11.1. The Morgan fingerprint density at radius 3 is 2.50 bits per heavy atom. The van der Waals surface area contributed by atoms with E-state index in [-0.39, 0.29) is 5.75 Å². The predicted molar refractivity (Wildman–Crippen MR) is 76.1 cm³/mol. The first-order valence-electron chi connectivity index (χ1n) is 5.48. The highest BCUT2D eigenvalue weighted by Crippen LogP contribution is 2.24. The molecule has 0 atom stereocenters. The summed E-state index contributed by atoms with van der Waals surface area (Å²) in [6.45, 7) is 5.88. The number of primary sulfonamides is 1. The number of hydrogen-bond donors (Lipinski definition) is 1. The van der Waals surface area contributed by atoms with Crippen molar-refractivity contribution in [3.05, 3.63) is 28.2 Å². The molecule has 0 radical (unpaired) electrons. The van der Waals surface area contributed by atoms with Crippen molar-refractivity contribution in [1.82, 2.24) is 0 Å². The number of aryl methyl sites for hydroxylation is 1. The Morgan fingerprint density at radius 2 is 2.00 bits per heavy atom. The summed E-state index contributed by atoms with van der Waals surface area (Å²) in [6, 6.07) is 5.64. The van der Waals surface area contributed by atoms with E-state index in [2.05, 4.69) is 15.9 Å². The van der Waals surface area contributed by atoms with Gasteiger partial charge in [0.05, 0.1) is 12.4 Å². The zero-order valence-electron chi connectivity index (χ0n) is 10.7. The van der Waals surface area contributed by atoms with Gasteiger partial charge in [0.1, 0.15) is 5.75 Å². The highest BCUT2D eigenvalue weighted by molar-refractivity contribution is 9.10. The van der Waals surface area contributed by atoms with Crippen LogP contribution in [0.3, 0.4) is 0 Å². The summed E-state index contributed by atoms with van der Waals surface area (Å²) in [5.41, 5.74) is 0.547. The van der Waals surface area contributed by atoms with Crippen LogP contribution in [0.1, 0.15) is 19.4 Å². The van der Waals surface area contributed by atoms with Gasteiger partial charge < -0.3 is 4.74 Å². The lowest BCUT2D eigenvalue weighted by atomic mass is 9.98. The third kappa shape index (κ3) is 5.37. The van der Waals surface area contributed by atoms with Crippen molar-refractivity contribution in [2.45, 2.75) is 20.8 Å². The molecule has 2 N–H and O–H groups in total. The van der Waals surface area contributed by atoms with Crippen LogP contribution in [0.25, 0.3) is 0 Å². The molecule has 0 heterocycles. The van der Waals surface area contributed by atoms with E-state index in [0.29, 0.717) is 6.61 Å². The van der Waals surface area contributed by atoms with E-state index in [1.54, 1.807) is 0 Å². The van der Waals surface area contributed by atoms with Gasteiger partial charge in [-0.15, -0.1) is 0 Å². The molecule has 18 heavy (non-hydrogen) atoms. The highest BCUT2D eigenvalue weighted by atomic mass is 79.9. The second kappa shape index (κ2) is 5.59. The van der Waals surface area contributed by atoms with Gasteiger partial charge in [0, 0.05) is 9.89 Å². The number of ether oxygens (including phenoxy) is 1. The first-order chi connectivity index (χ1) is 8.09. The fraction of sp³-hybridized carbons (Fsp3) is 0.500. The summed E-state index contributed by atoms with van der Waals surface area (Å²) in [5.74, 6) is 0.619. The smallest absolute Gasteiger partial charge is 0.209 e. The van der Waals surface area contributed by atoms with Crippen LogP contribution in [0, 0.1) is 12.3 Å². The highest BCUT2D eigenvalue weighted by Gasteiger charge is 2.25. The quantitative estimate of drug-likeness (QED) is 0.898. The number of rotatable bonds is 5. The van der Waals surface area contributed by atoms with Gasteiger partial charge in [0.15, 0.2) is 0 Å². The summed E-state index contributed by atoms with van der Waals surface area (Å²) in [6.07, 6.45) is 0. The molecular formula is C12H18BrNO3S. The van der Waals surface area contributed by atoms with Gasteiger partial charge in [-0.05, 0) is 30.7 Å². The molecule has 102 valence electrons. The number of hydrogen-bond acceptors (Lipinski definition) is 3. The van der Waals surface area contributed by atoms with E-state index in [1.807, 2.05) is 39.0 Å². The molecule has 6 heteroatoms. The van der Waals surface area contributed by atoms with Gasteiger partial charge in [-0.2, -0.15) is 0 Å². The fourth-order valence-electron chi connectivity index (χ4n) is 1.57. The molecule has 0 bridgehead atoms. The van der Waals surface area contributed by atoms with E-state index < -0.39 is 15.4 Å². The van der Waals surface area contributed by atoms with E-state index in [0.717, 1.165) is 15.8 Å². The van der Waals surface area contributed by atoms with Gasteiger partial charge in [0.2, 0.25) is 10.0 Å². The largest absolute Gasteiger partial charge is 0.493 e. The lowest BCUT2D eigenvalue weighted by molar-refractivity contribution is 0.199. The first-order valence-corrected chi connectivity index (χ1v) is 7.99. The van der Waals surface area contributed by atoms with Gasteiger partial charge in [0.25, 0.3) is 0 Å². The standard InChI is InChI=1S/C12H18BrNO3S/c1-9-6-10(4-5-11(9)13)17-7-12(2,3)8-18(14,15)16/h4-6H,7-8H2,1-3H3,(H2,14,15,16). The van der Waals surface area contributed by atoms with Crippen LogP contribution < -0.4 is 9.88 Å². The van der Waals surface area contributed by atoms with Crippen molar-refractivity contribution >= 4 is 26.0 Å². The molecule has 0 spiro atoms. The molecule has 4 nitrogen and oxygen atoms in total. The molecule has 0 fully saturated rings. The van der Waals surface area contributed by atoms with Gasteiger partial charge >= 0.3 is 0 Å². The molecule has 1 aromatic rings.